The summed E-state index contributed by atoms with van der Waals surface area (Å²) in [5.41, 5.74) is 0.870. The zero-order valence-corrected chi connectivity index (χ0v) is 14.6. The normalized spacial score (nSPS) is 13.2. The molecule has 2 aromatic rings. The molecule has 3 rings (SSSR count). The molecule has 0 bridgehead atoms. The molecule has 0 radical (unpaired) electrons. The van der Waals surface area contributed by atoms with Crippen LogP contribution in [-0.2, 0) is 16.1 Å². The molecule has 0 unspecified atom stereocenters. The van der Waals surface area contributed by atoms with Crippen molar-refractivity contribution in [2.24, 2.45) is 0 Å². The number of aryl methyl sites for hydroxylation is 1. The number of carbonyl (C=O) groups is 3. The predicted octanol–water partition coefficient (Wildman–Crippen LogP) is 2.20. The number of hydrogen-bond donors (Lipinski definition) is 3. The summed E-state index contributed by atoms with van der Waals surface area (Å²) < 4.78 is 0. The molecule has 1 aliphatic rings. The molecule has 25 heavy (non-hydrogen) atoms. The van der Waals surface area contributed by atoms with Crippen LogP contribution in [0.5, 0.6) is 0 Å². The first-order chi connectivity index (χ1) is 12.0. The highest BCUT2D eigenvalue weighted by atomic mass is 32.1. The highest BCUT2D eigenvalue weighted by Gasteiger charge is 2.24. The zero-order valence-electron chi connectivity index (χ0n) is 13.8. The van der Waals surface area contributed by atoms with E-state index in [1.807, 2.05) is 19.1 Å². The Kier molecular flexibility index (Phi) is 5.14. The molecule has 0 atom stereocenters. The number of benzene rings is 1. The van der Waals surface area contributed by atoms with Gasteiger partial charge < -0.3 is 16.0 Å². The van der Waals surface area contributed by atoms with Crippen LogP contribution in [0.15, 0.2) is 36.4 Å². The van der Waals surface area contributed by atoms with Gasteiger partial charge in [-0.05, 0) is 50.1 Å². The number of anilines is 1. The van der Waals surface area contributed by atoms with E-state index >= 15 is 0 Å². The van der Waals surface area contributed by atoms with E-state index in [2.05, 4.69) is 16.0 Å². The average molecular weight is 357 g/mol. The lowest BCUT2D eigenvalue weighted by Gasteiger charge is -2.08. The highest BCUT2D eigenvalue weighted by Crippen LogP contribution is 2.20. The fourth-order valence-electron chi connectivity index (χ4n) is 2.25. The molecule has 1 saturated carbocycles. The lowest BCUT2D eigenvalue weighted by Crippen LogP contribution is -2.34. The van der Waals surface area contributed by atoms with Crippen molar-refractivity contribution >= 4 is 34.7 Å². The Morgan fingerprint density at radius 1 is 1.12 bits per heavy atom. The maximum Gasteiger partial charge on any atom is 0.313 e. The molecule has 0 spiro atoms. The Balaban J connectivity index is 1.54. The Hall–Kier alpha value is -2.67. The molecule has 1 heterocycles. The molecule has 130 valence electrons. The van der Waals surface area contributed by atoms with Crippen LogP contribution < -0.4 is 16.0 Å². The van der Waals surface area contributed by atoms with Crippen LogP contribution in [0.3, 0.4) is 0 Å². The number of rotatable bonds is 5. The van der Waals surface area contributed by atoms with Gasteiger partial charge in [-0.3, -0.25) is 14.4 Å². The van der Waals surface area contributed by atoms with E-state index in [-0.39, 0.29) is 11.9 Å². The summed E-state index contributed by atoms with van der Waals surface area (Å²) in [6.07, 6.45) is 2.01. The molecule has 3 amide bonds. The van der Waals surface area contributed by atoms with Crippen molar-refractivity contribution in [2.75, 3.05) is 5.32 Å². The second kappa shape index (κ2) is 7.48. The predicted molar refractivity (Wildman–Crippen MR) is 96.5 cm³/mol. The fourth-order valence-corrected chi connectivity index (χ4v) is 3.08. The molecule has 0 saturated heterocycles. The average Bonchev–Trinajstić information content (AvgIpc) is 3.31. The van der Waals surface area contributed by atoms with Crippen LogP contribution in [-0.4, -0.2) is 23.8 Å². The second-order valence-electron chi connectivity index (χ2n) is 5.98. The molecule has 6 nitrogen and oxygen atoms in total. The zero-order chi connectivity index (χ0) is 17.8. The first kappa shape index (κ1) is 17.2. The van der Waals surface area contributed by atoms with Crippen LogP contribution in [0.25, 0.3) is 0 Å². The van der Waals surface area contributed by atoms with Gasteiger partial charge in [0.2, 0.25) is 0 Å². The molecule has 1 aromatic heterocycles. The lowest BCUT2D eigenvalue weighted by atomic mass is 10.2. The third-order valence-corrected chi connectivity index (χ3v) is 4.72. The van der Waals surface area contributed by atoms with E-state index in [1.54, 1.807) is 35.6 Å². The largest absolute Gasteiger partial charge is 0.349 e. The third-order valence-electron chi connectivity index (χ3n) is 3.72. The third kappa shape index (κ3) is 4.90. The van der Waals surface area contributed by atoms with Gasteiger partial charge in [0.1, 0.15) is 0 Å². The summed E-state index contributed by atoms with van der Waals surface area (Å²) in [5, 5.41) is 7.99. The van der Waals surface area contributed by atoms with Crippen molar-refractivity contribution in [3.63, 3.8) is 0 Å². The molecule has 7 heteroatoms. The molecular formula is C18H19N3O3S. The van der Waals surface area contributed by atoms with Gasteiger partial charge in [-0.15, -0.1) is 11.3 Å². The van der Waals surface area contributed by atoms with Crippen LogP contribution >= 0.6 is 11.3 Å². The molecule has 1 aliphatic carbocycles. The van der Waals surface area contributed by atoms with Crippen LogP contribution in [0.1, 0.15) is 33.0 Å². The summed E-state index contributed by atoms with van der Waals surface area (Å²) in [7, 11) is 0. The fraction of sp³-hybridized carbons (Fsp3) is 0.278. The van der Waals surface area contributed by atoms with Gasteiger partial charge in [0.05, 0.1) is 6.54 Å². The summed E-state index contributed by atoms with van der Waals surface area (Å²) in [6, 6.07) is 10.7. The first-order valence-corrected chi connectivity index (χ1v) is 8.88. The number of hydrogen-bond acceptors (Lipinski definition) is 4. The Morgan fingerprint density at radius 2 is 1.92 bits per heavy atom. The van der Waals surface area contributed by atoms with Gasteiger partial charge in [-0.1, -0.05) is 6.07 Å². The van der Waals surface area contributed by atoms with Gasteiger partial charge in [0, 0.05) is 27.0 Å². The van der Waals surface area contributed by atoms with Gasteiger partial charge in [0.25, 0.3) is 5.91 Å². The highest BCUT2D eigenvalue weighted by molar-refractivity contribution is 7.11. The van der Waals surface area contributed by atoms with Crippen LogP contribution in [0.2, 0.25) is 0 Å². The van der Waals surface area contributed by atoms with Crippen LogP contribution in [0.4, 0.5) is 5.69 Å². The van der Waals surface area contributed by atoms with Crippen LogP contribution in [0, 0.1) is 6.92 Å². The standard InChI is InChI=1S/C18H19N3O3S/c1-11-5-8-15(25-11)10-19-17(23)18(24)21-14-4-2-3-12(9-14)16(22)20-13-6-7-13/h2-5,8-9,13H,6-7,10H2,1H3,(H,19,23)(H,20,22)(H,21,24). The SMILES string of the molecule is Cc1ccc(CNC(=O)C(=O)Nc2cccc(C(=O)NC3CC3)c2)s1. The van der Waals surface area contributed by atoms with Gasteiger partial charge in [-0.2, -0.15) is 0 Å². The molecule has 1 aromatic carbocycles. The monoisotopic (exact) mass is 357 g/mol. The minimum absolute atomic E-state index is 0.170. The smallest absolute Gasteiger partial charge is 0.313 e. The van der Waals surface area contributed by atoms with Crippen molar-refractivity contribution < 1.29 is 14.4 Å². The first-order valence-electron chi connectivity index (χ1n) is 8.06. The number of carbonyl (C=O) groups excluding carboxylic acids is 3. The number of thiophene rings is 1. The maximum absolute atomic E-state index is 12.0. The van der Waals surface area contributed by atoms with Crippen molar-refractivity contribution in [2.45, 2.75) is 32.4 Å². The van der Waals surface area contributed by atoms with Crippen molar-refractivity contribution in [3.8, 4) is 0 Å². The minimum atomic E-state index is -0.756. The number of nitrogens with one attached hydrogen (secondary N) is 3. The summed E-state index contributed by atoms with van der Waals surface area (Å²) in [4.78, 5) is 38.0. The maximum atomic E-state index is 12.0. The summed E-state index contributed by atoms with van der Waals surface area (Å²) in [6.45, 7) is 2.30. The second-order valence-corrected chi connectivity index (χ2v) is 7.35. The van der Waals surface area contributed by atoms with E-state index in [1.165, 1.54) is 0 Å². The van der Waals surface area contributed by atoms with Crippen molar-refractivity contribution in [3.05, 3.63) is 51.7 Å². The number of amides is 3. The van der Waals surface area contributed by atoms with E-state index in [9.17, 15) is 14.4 Å². The van der Waals surface area contributed by atoms with E-state index < -0.39 is 11.8 Å². The molecular weight excluding hydrogens is 338 g/mol. The topological polar surface area (TPSA) is 87.3 Å². The Bertz CT molecular complexity index is 811. The Labute approximate surface area is 149 Å². The quantitative estimate of drug-likeness (QED) is 0.717. The van der Waals surface area contributed by atoms with Gasteiger partial charge in [-0.25, -0.2) is 0 Å². The lowest BCUT2D eigenvalue weighted by molar-refractivity contribution is -0.136. The van der Waals surface area contributed by atoms with Gasteiger partial charge in [0.15, 0.2) is 0 Å². The van der Waals surface area contributed by atoms with E-state index in [0.717, 1.165) is 22.6 Å². The molecule has 1 fully saturated rings. The van der Waals surface area contributed by atoms with Crippen molar-refractivity contribution in [1.29, 1.82) is 0 Å². The van der Waals surface area contributed by atoms with E-state index in [0.29, 0.717) is 17.8 Å². The van der Waals surface area contributed by atoms with Gasteiger partial charge >= 0.3 is 11.8 Å². The Morgan fingerprint density at radius 3 is 2.60 bits per heavy atom. The molecule has 0 aliphatic heterocycles. The van der Waals surface area contributed by atoms with Crippen molar-refractivity contribution in [1.82, 2.24) is 10.6 Å². The summed E-state index contributed by atoms with van der Waals surface area (Å²) >= 11 is 1.57. The van der Waals surface area contributed by atoms with E-state index in [4.69, 9.17) is 0 Å². The summed E-state index contributed by atoms with van der Waals surface area (Å²) in [5.74, 6) is -1.64. The molecule has 3 N–H and O–H groups in total. The minimum Gasteiger partial charge on any atom is -0.349 e.